The molecule has 3 rings (SSSR count). The smallest absolute Gasteiger partial charge is 0.295 e. The van der Waals surface area contributed by atoms with E-state index in [2.05, 4.69) is 4.98 Å². The zero-order valence-corrected chi connectivity index (χ0v) is 15.1. The zero-order chi connectivity index (χ0) is 19.4. The van der Waals surface area contributed by atoms with Crippen molar-refractivity contribution in [3.8, 4) is 5.75 Å². The largest absolute Gasteiger partial charge is 0.507 e. The number of aliphatic hydroxyl groups is 1. The number of hydrogen-bond acceptors (Lipinski definition) is 6. The Kier molecular flexibility index (Phi) is 5.52. The van der Waals surface area contributed by atoms with Gasteiger partial charge in [-0.2, -0.15) is 0 Å². The number of pyridine rings is 1. The van der Waals surface area contributed by atoms with Gasteiger partial charge in [0.15, 0.2) is 0 Å². The van der Waals surface area contributed by atoms with E-state index in [-0.39, 0.29) is 24.5 Å². The molecule has 0 bridgehead atoms. The number of carbonyl (C=O) groups excluding carboxylic acids is 2. The fourth-order valence-electron chi connectivity index (χ4n) is 3.18. The molecule has 0 aliphatic carbocycles. The molecule has 0 saturated carbocycles. The SMILES string of the molecule is COCCN1C(=O)C(=O)/C(=C(\O)c2ccncc2)C1c1ccccc1OC. The standard InChI is InChI=1S/C20H20N2O5/c1-26-12-11-22-17(14-5-3-4-6-15(14)27-2)16(19(24)20(22)25)18(23)13-7-9-21-10-8-13/h3-10,17,23H,11-12H2,1-2H3/b18-16-. The highest BCUT2D eigenvalue weighted by atomic mass is 16.5. The molecule has 0 spiro atoms. The number of Topliss-reactive ketones (excluding diaryl/α,β-unsaturated/α-hetero) is 1. The summed E-state index contributed by atoms with van der Waals surface area (Å²) in [5.41, 5.74) is 1.05. The lowest BCUT2D eigenvalue weighted by Gasteiger charge is -2.26. The van der Waals surface area contributed by atoms with Gasteiger partial charge in [-0.3, -0.25) is 14.6 Å². The van der Waals surface area contributed by atoms with Gasteiger partial charge >= 0.3 is 0 Å². The second-order valence-electron chi connectivity index (χ2n) is 5.96. The average molecular weight is 368 g/mol. The van der Waals surface area contributed by atoms with Crippen LogP contribution in [0, 0.1) is 0 Å². The summed E-state index contributed by atoms with van der Waals surface area (Å²) in [6.07, 6.45) is 3.02. The van der Waals surface area contributed by atoms with Crippen LogP contribution < -0.4 is 4.74 Å². The monoisotopic (exact) mass is 368 g/mol. The van der Waals surface area contributed by atoms with Crippen molar-refractivity contribution in [2.75, 3.05) is 27.4 Å². The van der Waals surface area contributed by atoms with Crippen LogP contribution in [0.2, 0.25) is 0 Å². The summed E-state index contributed by atoms with van der Waals surface area (Å²) in [4.78, 5) is 30.7. The Hall–Kier alpha value is -3.19. The van der Waals surface area contributed by atoms with E-state index in [1.54, 1.807) is 36.4 Å². The molecule has 7 nitrogen and oxygen atoms in total. The van der Waals surface area contributed by atoms with Crippen molar-refractivity contribution < 1.29 is 24.2 Å². The summed E-state index contributed by atoms with van der Waals surface area (Å²) in [6.45, 7) is 0.463. The molecular formula is C20H20N2O5. The predicted octanol–water partition coefficient (Wildman–Crippen LogP) is 2.16. The van der Waals surface area contributed by atoms with Gasteiger partial charge in [0.05, 0.1) is 25.3 Å². The summed E-state index contributed by atoms with van der Waals surface area (Å²) in [6, 6.07) is 9.50. The van der Waals surface area contributed by atoms with Gasteiger partial charge in [0.2, 0.25) is 0 Å². The van der Waals surface area contributed by atoms with Crippen molar-refractivity contribution in [3.63, 3.8) is 0 Å². The van der Waals surface area contributed by atoms with Gasteiger partial charge in [0.1, 0.15) is 11.5 Å². The number of likely N-dealkylation sites (tertiary alicyclic amines) is 1. The molecule has 7 heteroatoms. The van der Waals surface area contributed by atoms with Gasteiger partial charge in [-0.05, 0) is 18.2 Å². The van der Waals surface area contributed by atoms with E-state index in [0.29, 0.717) is 16.9 Å². The lowest BCUT2D eigenvalue weighted by atomic mass is 9.95. The van der Waals surface area contributed by atoms with Crippen molar-refractivity contribution in [3.05, 3.63) is 65.5 Å². The Morgan fingerprint density at radius 3 is 2.52 bits per heavy atom. The second-order valence-corrected chi connectivity index (χ2v) is 5.96. The van der Waals surface area contributed by atoms with Crippen molar-refractivity contribution >= 4 is 17.4 Å². The van der Waals surface area contributed by atoms with E-state index in [9.17, 15) is 14.7 Å². The molecule has 1 atom stereocenters. The van der Waals surface area contributed by atoms with Crippen molar-refractivity contribution in [2.45, 2.75) is 6.04 Å². The number of ether oxygens (including phenoxy) is 2. The molecule has 140 valence electrons. The molecule has 1 aliphatic rings. The normalized spacial score (nSPS) is 18.7. The highest BCUT2D eigenvalue weighted by Crippen LogP contribution is 2.42. The third kappa shape index (κ3) is 3.41. The van der Waals surface area contributed by atoms with Gasteiger partial charge in [0, 0.05) is 37.2 Å². The van der Waals surface area contributed by atoms with E-state index in [4.69, 9.17) is 9.47 Å². The maximum absolute atomic E-state index is 12.8. The molecule has 1 saturated heterocycles. The number of rotatable bonds is 6. The van der Waals surface area contributed by atoms with Crippen molar-refractivity contribution in [2.24, 2.45) is 0 Å². The maximum Gasteiger partial charge on any atom is 0.295 e. The fourth-order valence-corrected chi connectivity index (χ4v) is 3.18. The number of hydrogen-bond donors (Lipinski definition) is 1. The molecule has 2 aromatic rings. The predicted molar refractivity (Wildman–Crippen MR) is 98.1 cm³/mol. The van der Waals surface area contributed by atoms with Crippen molar-refractivity contribution in [1.82, 2.24) is 9.88 Å². The quantitative estimate of drug-likeness (QED) is 0.477. The lowest BCUT2D eigenvalue weighted by molar-refractivity contribution is -0.140. The molecule has 0 radical (unpaired) electrons. The number of carbonyl (C=O) groups is 2. The van der Waals surface area contributed by atoms with E-state index in [0.717, 1.165) is 0 Å². The van der Waals surface area contributed by atoms with E-state index in [1.165, 1.54) is 31.5 Å². The molecule has 1 unspecified atom stereocenters. The summed E-state index contributed by atoms with van der Waals surface area (Å²) in [5.74, 6) is -1.14. The van der Waals surface area contributed by atoms with Crippen LogP contribution in [0.1, 0.15) is 17.2 Å². The topological polar surface area (TPSA) is 89.0 Å². The van der Waals surface area contributed by atoms with Crippen LogP contribution in [0.3, 0.4) is 0 Å². The Labute approximate surface area is 156 Å². The summed E-state index contributed by atoms with van der Waals surface area (Å²) >= 11 is 0. The molecule has 1 aromatic heterocycles. The number of amides is 1. The van der Waals surface area contributed by atoms with Crippen LogP contribution in [0.25, 0.3) is 5.76 Å². The van der Waals surface area contributed by atoms with E-state index in [1.807, 2.05) is 0 Å². The van der Waals surface area contributed by atoms with E-state index < -0.39 is 17.7 Å². The highest BCUT2D eigenvalue weighted by Gasteiger charge is 2.46. The van der Waals surface area contributed by atoms with Gasteiger partial charge in [-0.1, -0.05) is 18.2 Å². The molecule has 1 aliphatic heterocycles. The summed E-state index contributed by atoms with van der Waals surface area (Å²) in [5, 5.41) is 10.8. The number of ketones is 1. The average Bonchev–Trinajstić information content (AvgIpc) is 2.96. The highest BCUT2D eigenvalue weighted by molar-refractivity contribution is 6.46. The minimum absolute atomic E-state index is 0.0202. The van der Waals surface area contributed by atoms with Gasteiger partial charge in [-0.25, -0.2) is 0 Å². The second kappa shape index (κ2) is 8.01. The van der Waals surface area contributed by atoms with Gasteiger partial charge < -0.3 is 19.5 Å². The summed E-state index contributed by atoms with van der Waals surface area (Å²) < 4.78 is 10.5. The number of aliphatic hydroxyl groups excluding tert-OH is 1. The number of benzene rings is 1. The minimum atomic E-state index is -0.774. The Bertz CT molecular complexity index is 879. The van der Waals surface area contributed by atoms with Crippen molar-refractivity contribution in [1.29, 1.82) is 0 Å². The molecule has 27 heavy (non-hydrogen) atoms. The van der Waals surface area contributed by atoms with E-state index >= 15 is 0 Å². The first-order valence-corrected chi connectivity index (χ1v) is 8.40. The van der Waals surface area contributed by atoms with Gasteiger partial charge in [-0.15, -0.1) is 0 Å². The molecule has 1 fully saturated rings. The first-order valence-electron chi connectivity index (χ1n) is 8.40. The molecule has 2 heterocycles. The number of nitrogens with zero attached hydrogens (tertiary/aromatic N) is 2. The fraction of sp³-hybridized carbons (Fsp3) is 0.250. The van der Waals surface area contributed by atoms with Crippen LogP contribution in [-0.4, -0.2) is 54.1 Å². The molecule has 1 aromatic carbocycles. The summed E-state index contributed by atoms with van der Waals surface area (Å²) in [7, 11) is 3.04. The zero-order valence-electron chi connectivity index (χ0n) is 15.1. The maximum atomic E-state index is 12.8. The third-order valence-corrected chi connectivity index (χ3v) is 4.46. The van der Waals surface area contributed by atoms with Crippen LogP contribution in [0.4, 0.5) is 0 Å². The lowest BCUT2D eigenvalue weighted by Crippen LogP contribution is -2.32. The molecular weight excluding hydrogens is 348 g/mol. The number of aromatic nitrogens is 1. The van der Waals surface area contributed by atoms with Crippen LogP contribution in [0.15, 0.2) is 54.4 Å². The first kappa shape index (κ1) is 18.6. The van der Waals surface area contributed by atoms with Crippen LogP contribution in [0.5, 0.6) is 5.75 Å². The third-order valence-electron chi connectivity index (χ3n) is 4.46. The molecule has 1 amide bonds. The Balaban J connectivity index is 2.20. The Morgan fingerprint density at radius 1 is 1.15 bits per heavy atom. The van der Waals surface area contributed by atoms with Gasteiger partial charge in [0.25, 0.3) is 11.7 Å². The molecule has 1 N–H and O–H groups in total. The Morgan fingerprint density at radius 2 is 1.85 bits per heavy atom. The first-order chi connectivity index (χ1) is 13.1. The minimum Gasteiger partial charge on any atom is -0.507 e. The number of methoxy groups -OCH3 is 2. The van der Waals surface area contributed by atoms with Crippen LogP contribution >= 0.6 is 0 Å². The van der Waals surface area contributed by atoms with Crippen LogP contribution in [-0.2, 0) is 14.3 Å². The number of para-hydroxylation sites is 1.